The molecule has 0 unspecified atom stereocenters. The van der Waals surface area contributed by atoms with Crippen LogP contribution in [0.5, 0.6) is 0 Å². The number of sulfonamides is 1. The van der Waals surface area contributed by atoms with Crippen LogP contribution in [0.4, 0.5) is 10.1 Å². The van der Waals surface area contributed by atoms with Gasteiger partial charge in [-0.05, 0) is 61.4 Å². The maximum absolute atomic E-state index is 13.1. The van der Waals surface area contributed by atoms with Gasteiger partial charge >= 0.3 is 0 Å². The largest absolute Gasteiger partial charge is 0.322 e. The summed E-state index contributed by atoms with van der Waals surface area (Å²) in [4.78, 5) is 12.5. The Bertz CT molecular complexity index is 906. The molecule has 1 aliphatic carbocycles. The molecule has 0 atom stereocenters. The number of nitrogens with zero attached hydrogens (tertiary/aromatic N) is 1. The summed E-state index contributed by atoms with van der Waals surface area (Å²) in [5, 5.41) is 2.66. The summed E-state index contributed by atoms with van der Waals surface area (Å²) in [6.45, 7) is 2.29. The van der Waals surface area contributed by atoms with E-state index in [9.17, 15) is 17.6 Å². The van der Waals surface area contributed by atoms with Gasteiger partial charge in [0.25, 0.3) is 5.91 Å². The molecule has 0 bridgehead atoms. The molecule has 5 nitrogen and oxygen atoms in total. The molecular weight excluding hydrogens is 379 g/mol. The zero-order chi connectivity index (χ0) is 20.1. The minimum absolute atomic E-state index is 0.0465. The Morgan fingerprint density at radius 1 is 1.04 bits per heavy atom. The quantitative estimate of drug-likeness (QED) is 0.775. The van der Waals surface area contributed by atoms with Crippen LogP contribution in [0.15, 0.2) is 53.4 Å². The molecule has 1 amide bonds. The zero-order valence-corrected chi connectivity index (χ0v) is 16.7. The van der Waals surface area contributed by atoms with E-state index in [-0.39, 0.29) is 22.7 Å². The number of carbonyl (C=O) groups excluding carboxylic acids is 1. The van der Waals surface area contributed by atoms with Crippen LogP contribution in [0, 0.1) is 5.82 Å². The van der Waals surface area contributed by atoms with Gasteiger partial charge in [-0.3, -0.25) is 4.79 Å². The number of carbonyl (C=O) groups is 1. The second-order valence-corrected chi connectivity index (χ2v) is 8.88. The highest BCUT2D eigenvalue weighted by molar-refractivity contribution is 7.89. The van der Waals surface area contributed by atoms with E-state index in [1.54, 1.807) is 4.31 Å². The van der Waals surface area contributed by atoms with E-state index in [0.717, 1.165) is 32.1 Å². The van der Waals surface area contributed by atoms with Gasteiger partial charge in [0.05, 0.1) is 4.90 Å². The third-order valence-electron chi connectivity index (χ3n) is 5.12. The summed E-state index contributed by atoms with van der Waals surface area (Å²) in [6.07, 6.45) is 5.06. The maximum Gasteiger partial charge on any atom is 0.255 e. The first kappa shape index (κ1) is 20.5. The number of halogens is 1. The fraction of sp³-hybridized carbons (Fsp3) is 0.381. The molecule has 28 heavy (non-hydrogen) atoms. The van der Waals surface area contributed by atoms with E-state index >= 15 is 0 Å². The second-order valence-electron chi connectivity index (χ2n) is 6.99. The lowest BCUT2D eigenvalue weighted by Crippen LogP contribution is -2.41. The summed E-state index contributed by atoms with van der Waals surface area (Å²) < 4.78 is 40.7. The Morgan fingerprint density at radius 3 is 2.21 bits per heavy atom. The van der Waals surface area contributed by atoms with Crippen molar-refractivity contribution < 1.29 is 17.6 Å². The highest BCUT2D eigenvalue weighted by Gasteiger charge is 2.31. The molecule has 1 aliphatic rings. The van der Waals surface area contributed by atoms with Crippen LogP contribution in [0.3, 0.4) is 0 Å². The first-order valence-electron chi connectivity index (χ1n) is 9.60. The molecule has 0 spiro atoms. The summed E-state index contributed by atoms with van der Waals surface area (Å²) in [5.41, 5.74) is 0.807. The van der Waals surface area contributed by atoms with Crippen LogP contribution in [-0.4, -0.2) is 31.2 Å². The predicted molar refractivity (Wildman–Crippen MR) is 107 cm³/mol. The van der Waals surface area contributed by atoms with Crippen molar-refractivity contribution in [2.75, 3.05) is 11.9 Å². The molecule has 3 rings (SSSR count). The normalized spacial score (nSPS) is 15.5. The maximum atomic E-state index is 13.1. The lowest BCUT2D eigenvalue weighted by atomic mass is 9.95. The zero-order valence-electron chi connectivity index (χ0n) is 15.9. The highest BCUT2D eigenvalue weighted by Crippen LogP contribution is 2.27. The molecule has 2 aromatic carbocycles. The topological polar surface area (TPSA) is 66.5 Å². The SMILES string of the molecule is CCN(C1CCCCC1)S(=O)(=O)c1ccc(C(=O)Nc2ccc(F)cc2)cc1. The third kappa shape index (κ3) is 4.59. The van der Waals surface area contributed by atoms with Gasteiger partial charge in [-0.15, -0.1) is 0 Å². The molecule has 0 radical (unpaired) electrons. The van der Waals surface area contributed by atoms with Gasteiger partial charge in [0.1, 0.15) is 5.82 Å². The van der Waals surface area contributed by atoms with Crippen molar-refractivity contribution in [1.29, 1.82) is 0 Å². The summed E-state index contributed by atoms with van der Waals surface area (Å²) in [7, 11) is -3.60. The Labute approximate surface area is 165 Å². The number of amides is 1. The number of rotatable bonds is 6. The van der Waals surface area contributed by atoms with Crippen LogP contribution in [0.2, 0.25) is 0 Å². The molecule has 2 aromatic rings. The first-order chi connectivity index (χ1) is 13.4. The van der Waals surface area contributed by atoms with E-state index in [4.69, 9.17) is 0 Å². The number of hydrogen-bond acceptors (Lipinski definition) is 3. The highest BCUT2D eigenvalue weighted by atomic mass is 32.2. The van der Waals surface area contributed by atoms with Gasteiger partial charge in [-0.2, -0.15) is 4.31 Å². The molecular formula is C21H25FN2O3S. The fourth-order valence-corrected chi connectivity index (χ4v) is 5.34. The molecule has 0 aliphatic heterocycles. The molecule has 1 saturated carbocycles. The molecule has 7 heteroatoms. The Morgan fingerprint density at radius 2 is 1.64 bits per heavy atom. The molecule has 0 aromatic heterocycles. The standard InChI is InChI=1S/C21H25FN2O3S/c1-2-24(19-6-4-3-5-7-19)28(26,27)20-14-8-16(9-15-20)21(25)23-18-12-10-17(22)11-13-18/h8-15,19H,2-7H2,1H3,(H,23,25). The van der Waals surface area contributed by atoms with Crippen LogP contribution in [0.25, 0.3) is 0 Å². The number of anilines is 1. The van der Waals surface area contributed by atoms with Crippen molar-refractivity contribution >= 4 is 21.6 Å². The van der Waals surface area contributed by atoms with E-state index in [1.165, 1.54) is 48.5 Å². The van der Waals surface area contributed by atoms with Crippen LogP contribution in [0.1, 0.15) is 49.4 Å². The smallest absolute Gasteiger partial charge is 0.255 e. The van der Waals surface area contributed by atoms with Crippen molar-refractivity contribution in [1.82, 2.24) is 4.31 Å². The predicted octanol–water partition coefficient (Wildman–Crippen LogP) is 4.42. The van der Waals surface area contributed by atoms with Crippen molar-refractivity contribution in [3.05, 3.63) is 59.9 Å². The molecule has 0 saturated heterocycles. The molecule has 1 N–H and O–H groups in total. The van der Waals surface area contributed by atoms with Crippen molar-refractivity contribution in [2.24, 2.45) is 0 Å². The van der Waals surface area contributed by atoms with Crippen molar-refractivity contribution in [3.63, 3.8) is 0 Å². The molecule has 0 heterocycles. The molecule has 150 valence electrons. The minimum atomic E-state index is -3.60. The van der Waals surface area contributed by atoms with Gasteiger partial charge in [-0.1, -0.05) is 26.2 Å². The van der Waals surface area contributed by atoms with Gasteiger partial charge in [0.2, 0.25) is 10.0 Å². The van der Waals surface area contributed by atoms with E-state index in [1.807, 2.05) is 6.92 Å². The third-order valence-corrected chi connectivity index (χ3v) is 7.16. The Balaban J connectivity index is 1.74. The Kier molecular flexibility index (Phi) is 6.46. The lowest BCUT2D eigenvalue weighted by Gasteiger charge is -2.32. The number of nitrogens with one attached hydrogen (secondary N) is 1. The number of benzene rings is 2. The summed E-state index contributed by atoms with van der Waals surface area (Å²) >= 11 is 0. The summed E-state index contributed by atoms with van der Waals surface area (Å²) in [6, 6.07) is 11.4. The summed E-state index contributed by atoms with van der Waals surface area (Å²) in [5.74, 6) is -0.763. The minimum Gasteiger partial charge on any atom is -0.322 e. The van der Waals surface area contributed by atoms with Gasteiger partial charge < -0.3 is 5.32 Å². The van der Waals surface area contributed by atoms with Gasteiger partial charge in [-0.25, -0.2) is 12.8 Å². The van der Waals surface area contributed by atoms with E-state index in [0.29, 0.717) is 17.8 Å². The van der Waals surface area contributed by atoms with Crippen LogP contribution >= 0.6 is 0 Å². The average Bonchev–Trinajstić information content (AvgIpc) is 2.71. The van der Waals surface area contributed by atoms with Crippen molar-refractivity contribution in [3.8, 4) is 0 Å². The number of hydrogen-bond donors (Lipinski definition) is 1. The van der Waals surface area contributed by atoms with E-state index in [2.05, 4.69) is 5.32 Å². The Hall–Kier alpha value is -2.25. The lowest BCUT2D eigenvalue weighted by molar-refractivity contribution is 0.102. The van der Waals surface area contributed by atoms with Gasteiger partial charge in [0.15, 0.2) is 0 Å². The monoisotopic (exact) mass is 404 g/mol. The second kappa shape index (κ2) is 8.84. The average molecular weight is 405 g/mol. The fourth-order valence-electron chi connectivity index (χ4n) is 3.64. The van der Waals surface area contributed by atoms with Crippen molar-refractivity contribution in [2.45, 2.75) is 50.0 Å². The van der Waals surface area contributed by atoms with Gasteiger partial charge in [0, 0.05) is 23.8 Å². The molecule has 1 fully saturated rings. The van der Waals surface area contributed by atoms with Crippen LogP contribution < -0.4 is 5.32 Å². The first-order valence-corrected chi connectivity index (χ1v) is 11.0. The van der Waals surface area contributed by atoms with Crippen LogP contribution in [-0.2, 0) is 10.0 Å². The van der Waals surface area contributed by atoms with E-state index < -0.39 is 10.0 Å².